The van der Waals surface area contributed by atoms with Crippen LogP contribution in [0.15, 0.2) is 40.9 Å². The zero-order valence-electron chi connectivity index (χ0n) is 11.9. The Morgan fingerprint density at radius 1 is 1.19 bits per heavy atom. The van der Waals surface area contributed by atoms with Gasteiger partial charge in [0.1, 0.15) is 0 Å². The summed E-state index contributed by atoms with van der Waals surface area (Å²) in [7, 11) is 1.83. The summed E-state index contributed by atoms with van der Waals surface area (Å²) >= 11 is 7.41. The lowest BCUT2D eigenvalue weighted by Crippen LogP contribution is -2.20. The molecule has 0 saturated heterocycles. The van der Waals surface area contributed by atoms with Crippen LogP contribution in [0.2, 0.25) is 0 Å². The highest BCUT2D eigenvalue weighted by Crippen LogP contribution is 2.38. The molecular weight excluding hydrogens is 394 g/mol. The van der Waals surface area contributed by atoms with E-state index in [0.29, 0.717) is 6.42 Å². The Kier molecular flexibility index (Phi) is 3.93. The van der Waals surface area contributed by atoms with E-state index in [0.717, 1.165) is 15.7 Å². The van der Waals surface area contributed by atoms with E-state index < -0.39 is 0 Å². The lowest BCUT2D eigenvalue weighted by atomic mass is 10.0. The molecule has 4 heteroatoms. The van der Waals surface area contributed by atoms with Gasteiger partial charge in [0, 0.05) is 17.2 Å². The van der Waals surface area contributed by atoms with Crippen molar-refractivity contribution in [2.45, 2.75) is 18.2 Å². The van der Waals surface area contributed by atoms with Crippen LogP contribution in [-0.2, 0) is 11.2 Å². The summed E-state index contributed by atoms with van der Waals surface area (Å²) in [5.74, 6) is 0.157. The van der Waals surface area contributed by atoms with Crippen LogP contribution in [0.25, 0.3) is 0 Å². The van der Waals surface area contributed by atoms with Crippen molar-refractivity contribution in [1.29, 1.82) is 0 Å². The molecule has 2 nitrogen and oxygen atoms in total. The van der Waals surface area contributed by atoms with Crippen LogP contribution < -0.4 is 4.90 Å². The van der Waals surface area contributed by atoms with Crippen LogP contribution in [0.3, 0.4) is 0 Å². The number of aryl methyl sites for hydroxylation is 1. The second-order valence-corrected chi connectivity index (χ2v) is 7.18. The fourth-order valence-corrected chi connectivity index (χ4v) is 4.38. The molecule has 2 aromatic carbocycles. The van der Waals surface area contributed by atoms with Gasteiger partial charge in [0.2, 0.25) is 5.91 Å². The van der Waals surface area contributed by atoms with Crippen molar-refractivity contribution in [3.05, 3.63) is 63.1 Å². The first-order chi connectivity index (χ1) is 9.97. The van der Waals surface area contributed by atoms with Crippen molar-refractivity contribution in [1.82, 2.24) is 0 Å². The van der Waals surface area contributed by atoms with Gasteiger partial charge in [0.25, 0.3) is 0 Å². The molecule has 0 saturated carbocycles. The Balaban J connectivity index is 1.98. The zero-order chi connectivity index (χ0) is 15.1. The van der Waals surface area contributed by atoms with E-state index in [-0.39, 0.29) is 10.7 Å². The predicted molar refractivity (Wildman–Crippen MR) is 93.2 cm³/mol. The summed E-state index contributed by atoms with van der Waals surface area (Å²) in [6, 6.07) is 12.6. The van der Waals surface area contributed by atoms with E-state index in [9.17, 15) is 4.79 Å². The van der Waals surface area contributed by atoms with Gasteiger partial charge in [0.05, 0.1) is 11.2 Å². The van der Waals surface area contributed by atoms with E-state index in [1.807, 2.05) is 13.1 Å². The quantitative estimate of drug-likeness (QED) is 0.656. The molecule has 21 heavy (non-hydrogen) atoms. The van der Waals surface area contributed by atoms with Crippen molar-refractivity contribution in [3.8, 4) is 0 Å². The molecular formula is C17H15Br2NO. The number of benzene rings is 2. The van der Waals surface area contributed by atoms with Gasteiger partial charge < -0.3 is 4.90 Å². The van der Waals surface area contributed by atoms with E-state index in [2.05, 4.69) is 69.1 Å². The van der Waals surface area contributed by atoms with Gasteiger partial charge in [-0.15, -0.1) is 0 Å². The SMILES string of the molecule is Cc1ccc(C(Br)c2ccc3c(c2)CC(=O)N3C)c(Br)c1. The van der Waals surface area contributed by atoms with Crippen molar-refractivity contribution in [2.75, 3.05) is 11.9 Å². The molecule has 0 aromatic heterocycles. The standard InChI is InChI=1S/C17H15Br2NO/c1-10-3-5-13(14(18)7-10)17(19)11-4-6-15-12(8-11)9-16(21)20(15)2/h3-8,17H,9H2,1-2H3. The van der Waals surface area contributed by atoms with Gasteiger partial charge in [-0.1, -0.05) is 56.1 Å². The van der Waals surface area contributed by atoms with Crippen molar-refractivity contribution >= 4 is 43.5 Å². The molecule has 0 bridgehead atoms. The molecule has 1 atom stereocenters. The molecule has 0 N–H and O–H groups in total. The number of hydrogen-bond donors (Lipinski definition) is 0. The number of likely N-dealkylation sites (N-methyl/N-ethyl adjacent to an activating group) is 1. The maximum absolute atomic E-state index is 11.8. The van der Waals surface area contributed by atoms with Crippen LogP contribution >= 0.6 is 31.9 Å². The summed E-state index contributed by atoms with van der Waals surface area (Å²) in [6.45, 7) is 2.08. The average molecular weight is 409 g/mol. The molecule has 1 aliphatic rings. The van der Waals surface area contributed by atoms with Crippen molar-refractivity contribution in [2.24, 2.45) is 0 Å². The average Bonchev–Trinajstić information content (AvgIpc) is 2.73. The lowest BCUT2D eigenvalue weighted by molar-refractivity contribution is -0.117. The van der Waals surface area contributed by atoms with E-state index in [4.69, 9.17) is 0 Å². The Hall–Kier alpha value is -1.13. The minimum absolute atomic E-state index is 0.110. The maximum Gasteiger partial charge on any atom is 0.231 e. The zero-order valence-corrected chi connectivity index (χ0v) is 15.0. The molecule has 0 radical (unpaired) electrons. The number of alkyl halides is 1. The lowest BCUT2D eigenvalue weighted by Gasteiger charge is -2.15. The number of fused-ring (bicyclic) bond motifs is 1. The largest absolute Gasteiger partial charge is 0.315 e. The van der Waals surface area contributed by atoms with Gasteiger partial charge >= 0.3 is 0 Å². The molecule has 1 heterocycles. The van der Waals surface area contributed by atoms with Gasteiger partial charge in [-0.05, 0) is 41.3 Å². The third kappa shape index (κ3) is 2.67. The minimum Gasteiger partial charge on any atom is -0.315 e. The highest BCUT2D eigenvalue weighted by Gasteiger charge is 2.25. The van der Waals surface area contributed by atoms with Gasteiger partial charge in [-0.3, -0.25) is 4.79 Å². The first-order valence-electron chi connectivity index (χ1n) is 6.77. The van der Waals surface area contributed by atoms with Crippen LogP contribution in [-0.4, -0.2) is 13.0 Å². The van der Waals surface area contributed by atoms with Crippen molar-refractivity contribution < 1.29 is 4.79 Å². The first-order valence-corrected chi connectivity index (χ1v) is 8.47. The number of halogens is 2. The maximum atomic E-state index is 11.8. The van der Waals surface area contributed by atoms with Crippen LogP contribution in [0.4, 0.5) is 5.69 Å². The fourth-order valence-electron chi connectivity index (χ4n) is 2.67. The molecule has 108 valence electrons. The highest BCUT2D eigenvalue weighted by molar-refractivity contribution is 9.11. The normalized spacial score (nSPS) is 15.2. The Bertz CT molecular complexity index is 727. The summed E-state index contributed by atoms with van der Waals surface area (Å²) in [6.07, 6.45) is 0.495. The molecule has 0 aliphatic carbocycles. The number of anilines is 1. The predicted octanol–water partition coefficient (Wildman–Crippen LogP) is 4.76. The monoisotopic (exact) mass is 407 g/mol. The number of carbonyl (C=O) groups is 1. The highest BCUT2D eigenvalue weighted by atomic mass is 79.9. The summed E-state index contributed by atoms with van der Waals surface area (Å²) in [5, 5.41) is 0. The minimum atomic E-state index is 0.110. The molecule has 1 unspecified atom stereocenters. The molecule has 1 aliphatic heterocycles. The second-order valence-electron chi connectivity index (χ2n) is 5.41. The Morgan fingerprint density at radius 2 is 1.95 bits per heavy atom. The van der Waals surface area contributed by atoms with Crippen LogP contribution in [0, 0.1) is 6.92 Å². The fraction of sp³-hybridized carbons (Fsp3) is 0.235. The topological polar surface area (TPSA) is 20.3 Å². The third-order valence-electron chi connectivity index (χ3n) is 3.90. The van der Waals surface area contributed by atoms with Gasteiger partial charge in [-0.25, -0.2) is 0 Å². The van der Waals surface area contributed by atoms with Crippen LogP contribution in [0.5, 0.6) is 0 Å². The number of carbonyl (C=O) groups excluding carboxylic acids is 1. The van der Waals surface area contributed by atoms with Gasteiger partial charge in [-0.2, -0.15) is 0 Å². The third-order valence-corrected chi connectivity index (χ3v) is 5.61. The first kappa shape index (κ1) is 14.8. The molecule has 0 spiro atoms. The van der Waals surface area contributed by atoms with E-state index >= 15 is 0 Å². The van der Waals surface area contributed by atoms with Gasteiger partial charge in [0.15, 0.2) is 0 Å². The van der Waals surface area contributed by atoms with Crippen LogP contribution in [0.1, 0.15) is 27.1 Å². The summed E-state index contributed by atoms with van der Waals surface area (Å²) < 4.78 is 1.10. The Labute approximate surface area is 141 Å². The molecule has 3 rings (SSSR count). The molecule has 0 fully saturated rings. The smallest absolute Gasteiger partial charge is 0.231 e. The molecule has 1 amide bonds. The number of hydrogen-bond acceptors (Lipinski definition) is 1. The van der Waals surface area contributed by atoms with Crippen molar-refractivity contribution in [3.63, 3.8) is 0 Å². The van der Waals surface area contributed by atoms with E-state index in [1.54, 1.807) is 4.90 Å². The summed E-state index contributed by atoms with van der Waals surface area (Å²) in [5.41, 5.74) is 5.71. The number of amides is 1. The Morgan fingerprint density at radius 3 is 2.67 bits per heavy atom. The second kappa shape index (κ2) is 5.58. The molecule has 2 aromatic rings. The number of nitrogens with zero attached hydrogens (tertiary/aromatic N) is 1. The van der Waals surface area contributed by atoms with E-state index in [1.165, 1.54) is 16.7 Å². The summed E-state index contributed by atoms with van der Waals surface area (Å²) in [4.78, 5) is 13.6. The number of rotatable bonds is 2.